The van der Waals surface area contributed by atoms with Gasteiger partial charge in [-0.05, 0) is 37.1 Å². The van der Waals surface area contributed by atoms with Gasteiger partial charge in [0.05, 0.1) is 13.1 Å². The minimum atomic E-state index is -0.283. The third-order valence-electron chi connectivity index (χ3n) is 3.60. The number of urea groups is 1. The maximum atomic E-state index is 12.8. The molecule has 1 aliphatic heterocycles. The summed E-state index contributed by atoms with van der Waals surface area (Å²) >= 11 is 0. The number of halogens is 1. The number of carbonyl (C=O) groups excluding carboxylic acids is 1. The molecule has 1 fully saturated rings. The summed E-state index contributed by atoms with van der Waals surface area (Å²) in [5, 5.41) is 2.95. The minimum absolute atomic E-state index is 0.0134. The fourth-order valence-electron chi connectivity index (χ4n) is 1.84. The van der Waals surface area contributed by atoms with Gasteiger partial charge in [0.2, 0.25) is 0 Å². The quantitative estimate of drug-likeness (QED) is 0.921. The Kier molecular flexibility index (Phi) is 4.47. The van der Waals surface area contributed by atoms with E-state index in [0.717, 1.165) is 0 Å². The fraction of sp³-hybridized carbons (Fsp3) is 0.533. The molecule has 1 aliphatic rings. The number of nitrogens with one attached hydrogen (secondary N) is 1. The zero-order valence-corrected chi connectivity index (χ0v) is 12.1. The first kappa shape index (κ1) is 14.6. The van der Waals surface area contributed by atoms with Gasteiger partial charge in [-0.25, -0.2) is 9.18 Å². The molecule has 2 amide bonds. The average Bonchev–Trinajstić information content (AvgIpc) is 2.35. The van der Waals surface area contributed by atoms with Crippen molar-refractivity contribution in [2.75, 3.05) is 13.1 Å². The standard InChI is InChI=1S/C15H21FN2O2/c1-10(2)11(3)17-15(19)18-8-14(9-18)20-13-6-4-12(16)5-7-13/h4-7,10-11,14H,8-9H2,1-3H3,(H,17,19)/t11-/m1/s1. The zero-order chi connectivity index (χ0) is 14.7. The summed E-state index contributed by atoms with van der Waals surface area (Å²) in [6.45, 7) is 7.26. The first-order valence-corrected chi connectivity index (χ1v) is 6.93. The number of likely N-dealkylation sites (tertiary alicyclic amines) is 1. The van der Waals surface area contributed by atoms with E-state index in [1.807, 2.05) is 6.92 Å². The van der Waals surface area contributed by atoms with Crippen LogP contribution >= 0.6 is 0 Å². The number of ether oxygens (including phenoxy) is 1. The van der Waals surface area contributed by atoms with Crippen LogP contribution < -0.4 is 10.1 Å². The van der Waals surface area contributed by atoms with Crippen LogP contribution in [0.4, 0.5) is 9.18 Å². The van der Waals surface area contributed by atoms with Crippen molar-refractivity contribution in [3.05, 3.63) is 30.1 Å². The SMILES string of the molecule is CC(C)[C@@H](C)NC(=O)N1CC(Oc2ccc(F)cc2)C1. The molecule has 0 unspecified atom stereocenters. The summed E-state index contributed by atoms with van der Waals surface area (Å²) < 4.78 is 18.4. The molecule has 110 valence electrons. The normalized spacial score (nSPS) is 16.8. The molecular formula is C15H21FN2O2. The molecule has 5 heteroatoms. The third kappa shape index (κ3) is 3.62. The summed E-state index contributed by atoms with van der Waals surface area (Å²) in [6, 6.07) is 6.02. The maximum Gasteiger partial charge on any atom is 0.317 e. The largest absolute Gasteiger partial charge is 0.487 e. The van der Waals surface area contributed by atoms with Gasteiger partial charge in [-0.1, -0.05) is 13.8 Å². The molecule has 0 saturated carbocycles. The van der Waals surface area contributed by atoms with Crippen LogP contribution in [0.5, 0.6) is 5.75 Å². The van der Waals surface area contributed by atoms with E-state index in [-0.39, 0.29) is 24.0 Å². The van der Waals surface area contributed by atoms with E-state index in [2.05, 4.69) is 19.2 Å². The molecule has 1 atom stereocenters. The molecule has 0 aliphatic carbocycles. The first-order valence-electron chi connectivity index (χ1n) is 6.93. The Morgan fingerprint density at radius 1 is 1.30 bits per heavy atom. The second-order valence-corrected chi connectivity index (χ2v) is 5.58. The summed E-state index contributed by atoms with van der Waals surface area (Å²) in [6.07, 6.45) is -0.0134. The number of nitrogens with zero attached hydrogens (tertiary/aromatic N) is 1. The lowest BCUT2D eigenvalue weighted by atomic mass is 10.1. The molecular weight excluding hydrogens is 259 g/mol. The maximum absolute atomic E-state index is 12.8. The van der Waals surface area contributed by atoms with Crippen molar-refractivity contribution < 1.29 is 13.9 Å². The van der Waals surface area contributed by atoms with E-state index in [0.29, 0.717) is 24.8 Å². The second kappa shape index (κ2) is 6.11. The lowest BCUT2D eigenvalue weighted by molar-refractivity contribution is 0.0430. The second-order valence-electron chi connectivity index (χ2n) is 5.58. The highest BCUT2D eigenvalue weighted by Crippen LogP contribution is 2.18. The van der Waals surface area contributed by atoms with Crippen LogP contribution in [0.2, 0.25) is 0 Å². The molecule has 1 aromatic rings. The number of rotatable bonds is 4. The van der Waals surface area contributed by atoms with E-state index in [1.54, 1.807) is 17.0 Å². The van der Waals surface area contributed by atoms with Gasteiger partial charge in [0.1, 0.15) is 17.7 Å². The Hall–Kier alpha value is -1.78. The van der Waals surface area contributed by atoms with Crippen molar-refractivity contribution in [2.45, 2.75) is 32.9 Å². The number of hydrogen-bond acceptors (Lipinski definition) is 2. The zero-order valence-electron chi connectivity index (χ0n) is 12.1. The summed E-state index contributed by atoms with van der Waals surface area (Å²) in [5.41, 5.74) is 0. The van der Waals surface area contributed by atoms with Gasteiger partial charge in [0.25, 0.3) is 0 Å². The molecule has 0 bridgehead atoms. The summed E-state index contributed by atoms with van der Waals surface area (Å²) in [4.78, 5) is 13.6. The average molecular weight is 280 g/mol. The topological polar surface area (TPSA) is 41.6 Å². The Morgan fingerprint density at radius 2 is 1.90 bits per heavy atom. The number of hydrogen-bond donors (Lipinski definition) is 1. The van der Waals surface area contributed by atoms with Gasteiger partial charge < -0.3 is 15.0 Å². The van der Waals surface area contributed by atoms with Gasteiger partial charge in [-0.3, -0.25) is 0 Å². The van der Waals surface area contributed by atoms with Crippen molar-refractivity contribution in [3.63, 3.8) is 0 Å². The fourth-order valence-corrected chi connectivity index (χ4v) is 1.84. The number of carbonyl (C=O) groups is 1. The van der Waals surface area contributed by atoms with Crippen LogP contribution in [0, 0.1) is 11.7 Å². The van der Waals surface area contributed by atoms with Crippen molar-refractivity contribution in [1.82, 2.24) is 10.2 Å². The molecule has 1 aromatic carbocycles. The molecule has 0 aromatic heterocycles. The van der Waals surface area contributed by atoms with Gasteiger partial charge in [-0.15, -0.1) is 0 Å². The molecule has 1 N–H and O–H groups in total. The van der Waals surface area contributed by atoms with Crippen LogP contribution in [0.3, 0.4) is 0 Å². The first-order chi connectivity index (χ1) is 9.45. The van der Waals surface area contributed by atoms with Crippen molar-refractivity contribution >= 4 is 6.03 Å². The van der Waals surface area contributed by atoms with Gasteiger partial charge in [0.15, 0.2) is 0 Å². The van der Waals surface area contributed by atoms with Crippen LogP contribution in [-0.4, -0.2) is 36.2 Å². The Labute approximate surface area is 118 Å². The Balaban J connectivity index is 1.74. The highest BCUT2D eigenvalue weighted by molar-refractivity contribution is 5.75. The Morgan fingerprint density at radius 3 is 2.45 bits per heavy atom. The predicted molar refractivity (Wildman–Crippen MR) is 75.2 cm³/mol. The smallest absolute Gasteiger partial charge is 0.317 e. The summed E-state index contributed by atoms with van der Waals surface area (Å²) in [7, 11) is 0. The predicted octanol–water partition coefficient (Wildman–Crippen LogP) is 2.64. The number of benzene rings is 1. The molecule has 2 rings (SSSR count). The Bertz CT molecular complexity index is 455. The molecule has 1 heterocycles. The third-order valence-corrected chi connectivity index (χ3v) is 3.60. The molecule has 4 nitrogen and oxygen atoms in total. The van der Waals surface area contributed by atoms with Gasteiger partial charge in [-0.2, -0.15) is 0 Å². The molecule has 1 saturated heterocycles. The van der Waals surface area contributed by atoms with E-state index in [4.69, 9.17) is 4.74 Å². The lowest BCUT2D eigenvalue weighted by Gasteiger charge is -2.39. The number of amides is 2. The van der Waals surface area contributed by atoms with Gasteiger partial charge in [0, 0.05) is 6.04 Å². The summed E-state index contributed by atoms with van der Waals surface area (Å²) in [5.74, 6) is 0.758. The van der Waals surface area contributed by atoms with Crippen LogP contribution in [0.1, 0.15) is 20.8 Å². The van der Waals surface area contributed by atoms with Crippen molar-refractivity contribution in [1.29, 1.82) is 0 Å². The molecule has 0 radical (unpaired) electrons. The molecule has 20 heavy (non-hydrogen) atoms. The van der Waals surface area contributed by atoms with Crippen LogP contribution in [0.15, 0.2) is 24.3 Å². The van der Waals surface area contributed by atoms with Crippen LogP contribution in [0.25, 0.3) is 0 Å². The van der Waals surface area contributed by atoms with E-state index in [9.17, 15) is 9.18 Å². The van der Waals surface area contributed by atoms with E-state index < -0.39 is 0 Å². The van der Waals surface area contributed by atoms with Gasteiger partial charge >= 0.3 is 6.03 Å². The van der Waals surface area contributed by atoms with Crippen molar-refractivity contribution in [2.24, 2.45) is 5.92 Å². The minimum Gasteiger partial charge on any atom is -0.487 e. The van der Waals surface area contributed by atoms with Crippen molar-refractivity contribution in [3.8, 4) is 5.75 Å². The lowest BCUT2D eigenvalue weighted by Crippen LogP contribution is -2.60. The highest BCUT2D eigenvalue weighted by Gasteiger charge is 2.32. The van der Waals surface area contributed by atoms with E-state index in [1.165, 1.54) is 12.1 Å². The monoisotopic (exact) mass is 280 g/mol. The highest BCUT2D eigenvalue weighted by atomic mass is 19.1. The van der Waals surface area contributed by atoms with Crippen LogP contribution in [-0.2, 0) is 0 Å². The van der Waals surface area contributed by atoms with E-state index >= 15 is 0 Å². The molecule has 0 spiro atoms.